The highest BCUT2D eigenvalue weighted by Crippen LogP contribution is 2.67. The van der Waals surface area contributed by atoms with E-state index in [4.69, 9.17) is 4.98 Å². The molecule has 2 aromatic rings. The van der Waals surface area contributed by atoms with Crippen LogP contribution < -0.4 is 0 Å². The van der Waals surface area contributed by atoms with Crippen molar-refractivity contribution >= 4 is 5.57 Å². The summed E-state index contributed by atoms with van der Waals surface area (Å²) in [5.41, 5.74) is 5.51. The lowest BCUT2D eigenvalue weighted by Crippen LogP contribution is -2.29. The molecule has 1 heteroatoms. The number of hydrogen-bond donors (Lipinski definition) is 0. The predicted molar refractivity (Wildman–Crippen MR) is 92.3 cm³/mol. The van der Waals surface area contributed by atoms with Crippen LogP contribution in [0.2, 0.25) is 0 Å². The van der Waals surface area contributed by atoms with Crippen LogP contribution in [0.25, 0.3) is 16.8 Å². The molecule has 0 saturated heterocycles. The van der Waals surface area contributed by atoms with Crippen LogP contribution in [0.5, 0.6) is 0 Å². The lowest BCUT2D eigenvalue weighted by atomic mass is 9.67. The molecule has 0 N–H and O–H groups in total. The smallest absolute Gasteiger partial charge is 0.0709 e. The van der Waals surface area contributed by atoms with Gasteiger partial charge in [0.05, 0.1) is 11.4 Å². The number of allylic oxidation sites excluding steroid dienone is 2. The van der Waals surface area contributed by atoms with Gasteiger partial charge in [-0.05, 0) is 47.3 Å². The van der Waals surface area contributed by atoms with Gasteiger partial charge in [0.25, 0.3) is 0 Å². The Morgan fingerprint density at radius 2 is 1.64 bits per heavy atom. The maximum atomic E-state index is 4.99. The third-order valence-corrected chi connectivity index (χ3v) is 6.36. The zero-order valence-corrected chi connectivity index (χ0v) is 13.6. The molecule has 2 aliphatic rings. The van der Waals surface area contributed by atoms with E-state index in [2.05, 4.69) is 75.4 Å². The monoisotopic (exact) mass is 289 g/mol. The average Bonchev–Trinajstić information content (AvgIpc) is 2.89. The first-order chi connectivity index (χ1) is 10.5. The van der Waals surface area contributed by atoms with Crippen LogP contribution in [0.4, 0.5) is 0 Å². The van der Waals surface area contributed by atoms with Crippen LogP contribution >= 0.6 is 0 Å². The summed E-state index contributed by atoms with van der Waals surface area (Å²) < 4.78 is 0. The largest absolute Gasteiger partial charge is 0.248 e. The molecule has 1 saturated carbocycles. The van der Waals surface area contributed by atoms with Crippen molar-refractivity contribution in [3.8, 4) is 11.3 Å². The molecule has 0 radical (unpaired) electrons. The Balaban J connectivity index is 1.78. The number of nitrogens with zero attached hydrogens (tertiary/aromatic N) is 1. The first-order valence-electron chi connectivity index (χ1n) is 8.27. The third-order valence-electron chi connectivity index (χ3n) is 6.36. The number of hydrogen-bond acceptors (Lipinski definition) is 1. The highest BCUT2D eigenvalue weighted by atomic mass is 14.7. The molecule has 2 aliphatic carbocycles. The van der Waals surface area contributed by atoms with E-state index in [1.807, 2.05) is 0 Å². The van der Waals surface area contributed by atoms with Gasteiger partial charge in [0.1, 0.15) is 0 Å². The SMILES string of the molecule is CC12CCC(C=C1c1cccc(-c3ccccc3)n1)C2(C)C. The van der Waals surface area contributed by atoms with E-state index >= 15 is 0 Å². The van der Waals surface area contributed by atoms with Gasteiger partial charge in [-0.15, -0.1) is 0 Å². The number of pyridine rings is 1. The van der Waals surface area contributed by atoms with Crippen LogP contribution in [0.1, 0.15) is 39.3 Å². The van der Waals surface area contributed by atoms with E-state index in [9.17, 15) is 0 Å². The average molecular weight is 289 g/mol. The normalized spacial score (nSPS) is 28.7. The summed E-state index contributed by atoms with van der Waals surface area (Å²) in [4.78, 5) is 4.99. The van der Waals surface area contributed by atoms with Gasteiger partial charge in [0.15, 0.2) is 0 Å². The fraction of sp³-hybridized carbons (Fsp3) is 0.381. The molecule has 1 fully saturated rings. The summed E-state index contributed by atoms with van der Waals surface area (Å²) in [6, 6.07) is 16.9. The Bertz CT molecular complexity index is 742. The van der Waals surface area contributed by atoms with E-state index in [1.165, 1.54) is 29.7 Å². The van der Waals surface area contributed by atoms with Gasteiger partial charge in [-0.1, -0.05) is 63.2 Å². The molecule has 2 atom stereocenters. The summed E-state index contributed by atoms with van der Waals surface area (Å²) in [6.07, 6.45) is 5.11. The molecule has 4 rings (SSSR count). The Hall–Kier alpha value is -1.89. The van der Waals surface area contributed by atoms with Gasteiger partial charge >= 0.3 is 0 Å². The van der Waals surface area contributed by atoms with Crippen LogP contribution in [-0.2, 0) is 0 Å². The second-order valence-corrected chi connectivity index (χ2v) is 7.55. The van der Waals surface area contributed by atoms with Crippen LogP contribution in [0, 0.1) is 16.7 Å². The van der Waals surface area contributed by atoms with Crippen molar-refractivity contribution in [1.82, 2.24) is 4.98 Å². The first kappa shape index (κ1) is 13.8. The van der Waals surface area contributed by atoms with Gasteiger partial charge in [0, 0.05) is 5.56 Å². The number of aromatic nitrogens is 1. The van der Waals surface area contributed by atoms with Gasteiger partial charge in [-0.2, -0.15) is 0 Å². The summed E-state index contributed by atoms with van der Waals surface area (Å²) in [5, 5.41) is 0. The lowest BCUT2D eigenvalue weighted by Gasteiger charge is -2.37. The van der Waals surface area contributed by atoms with E-state index < -0.39 is 0 Å². The molecule has 0 amide bonds. The predicted octanol–water partition coefficient (Wildman–Crippen LogP) is 5.59. The summed E-state index contributed by atoms with van der Waals surface area (Å²) in [7, 11) is 0. The number of rotatable bonds is 2. The van der Waals surface area contributed by atoms with Crippen molar-refractivity contribution in [2.75, 3.05) is 0 Å². The second kappa shape index (κ2) is 4.55. The highest BCUT2D eigenvalue weighted by molar-refractivity contribution is 5.74. The molecule has 22 heavy (non-hydrogen) atoms. The topological polar surface area (TPSA) is 12.9 Å². The third kappa shape index (κ3) is 1.75. The molecule has 2 bridgehead atoms. The van der Waals surface area contributed by atoms with Crippen molar-refractivity contribution in [3.05, 3.63) is 60.3 Å². The van der Waals surface area contributed by atoms with Gasteiger partial charge < -0.3 is 0 Å². The van der Waals surface area contributed by atoms with Gasteiger partial charge in [-0.3, -0.25) is 0 Å². The number of benzene rings is 1. The molecular formula is C21H23N. The number of fused-ring (bicyclic) bond motifs is 2. The molecular weight excluding hydrogens is 266 g/mol. The minimum Gasteiger partial charge on any atom is -0.248 e. The Labute approximate surface area is 133 Å². The molecule has 1 heterocycles. The quantitative estimate of drug-likeness (QED) is 0.702. The van der Waals surface area contributed by atoms with Crippen molar-refractivity contribution in [2.24, 2.45) is 16.7 Å². The second-order valence-electron chi connectivity index (χ2n) is 7.55. The molecule has 1 aromatic carbocycles. The van der Waals surface area contributed by atoms with Crippen molar-refractivity contribution in [1.29, 1.82) is 0 Å². The van der Waals surface area contributed by atoms with Crippen LogP contribution in [-0.4, -0.2) is 4.98 Å². The van der Waals surface area contributed by atoms with Gasteiger partial charge in [-0.25, -0.2) is 4.98 Å². The molecule has 1 aromatic heterocycles. The van der Waals surface area contributed by atoms with Crippen LogP contribution in [0.3, 0.4) is 0 Å². The molecule has 1 nitrogen and oxygen atoms in total. The van der Waals surface area contributed by atoms with E-state index in [0.717, 1.165) is 5.69 Å². The zero-order chi connectivity index (χ0) is 15.4. The van der Waals surface area contributed by atoms with Gasteiger partial charge in [0.2, 0.25) is 0 Å². The molecule has 0 spiro atoms. The Morgan fingerprint density at radius 3 is 2.27 bits per heavy atom. The van der Waals surface area contributed by atoms with Crippen molar-refractivity contribution < 1.29 is 0 Å². The Kier molecular flexibility index (Phi) is 2.84. The summed E-state index contributed by atoms with van der Waals surface area (Å²) in [5.74, 6) is 0.703. The lowest BCUT2D eigenvalue weighted by molar-refractivity contribution is 0.189. The summed E-state index contributed by atoms with van der Waals surface area (Å²) in [6.45, 7) is 7.28. The van der Waals surface area contributed by atoms with Crippen molar-refractivity contribution in [2.45, 2.75) is 33.6 Å². The van der Waals surface area contributed by atoms with Crippen molar-refractivity contribution in [3.63, 3.8) is 0 Å². The highest BCUT2D eigenvalue weighted by Gasteiger charge is 2.57. The maximum absolute atomic E-state index is 4.99. The minimum absolute atomic E-state index is 0.264. The Morgan fingerprint density at radius 1 is 0.909 bits per heavy atom. The fourth-order valence-corrected chi connectivity index (χ4v) is 4.42. The molecule has 0 aliphatic heterocycles. The van der Waals surface area contributed by atoms with E-state index in [0.29, 0.717) is 11.3 Å². The van der Waals surface area contributed by atoms with E-state index in [-0.39, 0.29) is 5.41 Å². The maximum Gasteiger partial charge on any atom is 0.0709 e. The van der Waals surface area contributed by atoms with E-state index in [1.54, 1.807) is 0 Å². The standard InChI is InChI=1S/C21H23N/c1-20(2)16-12-13-21(20,3)17(14-16)19-11-7-10-18(22-19)15-8-5-4-6-9-15/h4-11,14,16H,12-13H2,1-3H3. The minimum atomic E-state index is 0.264. The van der Waals surface area contributed by atoms with Crippen LogP contribution in [0.15, 0.2) is 54.6 Å². The fourth-order valence-electron chi connectivity index (χ4n) is 4.42. The first-order valence-corrected chi connectivity index (χ1v) is 8.27. The summed E-state index contributed by atoms with van der Waals surface area (Å²) >= 11 is 0. The molecule has 2 unspecified atom stereocenters. The zero-order valence-electron chi connectivity index (χ0n) is 13.6. The molecule has 112 valence electrons.